The third-order valence-corrected chi connectivity index (χ3v) is 11.9. The van der Waals surface area contributed by atoms with Crippen molar-refractivity contribution < 1.29 is 14.2 Å². The van der Waals surface area contributed by atoms with Crippen molar-refractivity contribution in [1.29, 1.82) is 0 Å². The summed E-state index contributed by atoms with van der Waals surface area (Å²) in [7, 11) is 4.21. The first-order valence-corrected chi connectivity index (χ1v) is 17.3. The van der Waals surface area contributed by atoms with E-state index in [1.54, 1.807) is 30.1 Å². The summed E-state index contributed by atoms with van der Waals surface area (Å²) in [6, 6.07) is 7.10. The van der Waals surface area contributed by atoms with Gasteiger partial charge in [-0.1, -0.05) is 12.0 Å². The molecule has 1 aromatic heterocycles. The van der Waals surface area contributed by atoms with E-state index in [1.807, 2.05) is 0 Å². The molecule has 240 valence electrons. The Kier molecular flexibility index (Phi) is 7.35. The number of anilines is 1. The van der Waals surface area contributed by atoms with E-state index in [1.165, 1.54) is 6.07 Å². The molecule has 2 N–H and O–H groups in total. The molecule has 8 rings (SSSR count). The number of benzene rings is 2. The molecule has 0 unspecified atom stereocenters. The number of phenols is 1. The van der Waals surface area contributed by atoms with Crippen LogP contribution in [-0.4, -0.2) is 83.7 Å². The molecule has 0 bridgehead atoms. The van der Waals surface area contributed by atoms with Crippen LogP contribution in [0.5, 0.6) is 11.8 Å². The van der Waals surface area contributed by atoms with Crippen LogP contribution in [0.4, 0.5) is 10.2 Å². The Morgan fingerprint density at radius 1 is 1.15 bits per heavy atom. The monoisotopic (exact) mass is 640 g/mol. The number of nitrogens with one attached hydrogen (secondary N) is 1. The fraction of sp³-hybridized carbons (Fsp3) is 0.500. The summed E-state index contributed by atoms with van der Waals surface area (Å²) in [5.41, 5.74) is 3.11. The highest BCUT2D eigenvalue weighted by atomic mass is 32.2. The summed E-state index contributed by atoms with van der Waals surface area (Å²) < 4.78 is 23.9. The van der Waals surface area contributed by atoms with E-state index < -0.39 is 5.82 Å². The van der Waals surface area contributed by atoms with Gasteiger partial charge in [0.05, 0.1) is 28.5 Å². The molecule has 10 heteroatoms. The Bertz CT molecular complexity index is 1760. The van der Waals surface area contributed by atoms with Crippen LogP contribution in [0.15, 0.2) is 29.2 Å². The van der Waals surface area contributed by atoms with Crippen LogP contribution in [0.1, 0.15) is 61.8 Å². The second-order valence-corrected chi connectivity index (χ2v) is 15.3. The highest BCUT2D eigenvalue weighted by molar-refractivity contribution is 7.97. The molecule has 0 amide bonds. The Morgan fingerprint density at radius 2 is 1.93 bits per heavy atom. The lowest BCUT2D eigenvalue weighted by Crippen LogP contribution is -2.58. The minimum Gasteiger partial charge on any atom is -0.508 e. The van der Waals surface area contributed by atoms with Crippen molar-refractivity contribution in [2.45, 2.75) is 55.9 Å². The Labute approximate surface area is 274 Å². The molecule has 5 aliphatic rings. The lowest BCUT2D eigenvalue weighted by atomic mass is 9.73. The standard InChI is InChI=1S/C36H41FN6O2S/c1-4-26-28(37)9-8-23-16-25(44)17-27(31(23)26)30-18-29-32(46-43(30)24-6-5-7-24)33(42-14-12-35(13-15-42)19-38-20-35)40-34(39-29)45-22-36(10-11-36)21-41(2)3/h1,8-9,16-18,24,38,44H,5-7,10-15,19-22H2,2-3H3. The van der Waals surface area contributed by atoms with Gasteiger partial charge in [0, 0.05) is 55.1 Å². The van der Waals surface area contributed by atoms with Crippen LogP contribution >= 0.6 is 11.9 Å². The molecule has 0 radical (unpaired) electrons. The van der Waals surface area contributed by atoms with E-state index in [0.717, 1.165) is 99.8 Å². The molecule has 2 saturated carbocycles. The Hall–Kier alpha value is -3.52. The summed E-state index contributed by atoms with van der Waals surface area (Å²) >= 11 is 1.67. The van der Waals surface area contributed by atoms with E-state index in [2.05, 4.69) is 45.5 Å². The molecule has 2 aromatic carbocycles. The molecule has 0 atom stereocenters. The van der Waals surface area contributed by atoms with Crippen LogP contribution in [0, 0.1) is 29.0 Å². The van der Waals surface area contributed by atoms with Gasteiger partial charge in [0.25, 0.3) is 0 Å². The number of piperidine rings is 1. The lowest BCUT2D eigenvalue weighted by molar-refractivity contribution is 0.125. The minimum atomic E-state index is -0.446. The summed E-state index contributed by atoms with van der Waals surface area (Å²) in [6.07, 6.45) is 15.8. The Balaban J connectivity index is 1.25. The first-order chi connectivity index (χ1) is 22.3. The molecular weight excluding hydrogens is 600 g/mol. The average molecular weight is 641 g/mol. The molecule has 4 fully saturated rings. The zero-order valence-electron chi connectivity index (χ0n) is 26.6. The van der Waals surface area contributed by atoms with Gasteiger partial charge in [0.15, 0.2) is 5.82 Å². The Morgan fingerprint density at radius 3 is 2.57 bits per heavy atom. The first-order valence-electron chi connectivity index (χ1n) is 16.5. The third-order valence-electron chi connectivity index (χ3n) is 10.7. The predicted molar refractivity (Wildman–Crippen MR) is 181 cm³/mol. The maximum atomic E-state index is 15.1. The molecular formula is C36H41FN6O2S. The van der Waals surface area contributed by atoms with Gasteiger partial charge in [0.2, 0.25) is 0 Å². The summed E-state index contributed by atoms with van der Waals surface area (Å²) in [6.45, 7) is 5.63. The summed E-state index contributed by atoms with van der Waals surface area (Å²) in [5.74, 6) is 3.18. The second kappa shape index (κ2) is 11.3. The van der Waals surface area contributed by atoms with Crippen molar-refractivity contribution in [2.75, 3.05) is 58.3 Å². The number of terminal acetylenes is 1. The SMILES string of the molecule is C#Cc1c(F)ccc2cc(O)cc(C3=Cc4nc(OCC5(CN(C)C)CC5)nc(N5CCC6(CC5)CNC6)c4SN3C3CCC3)c12. The molecule has 3 aromatic rings. The zero-order chi connectivity index (χ0) is 31.6. The minimum absolute atomic E-state index is 0.109. The third kappa shape index (κ3) is 5.26. The van der Waals surface area contributed by atoms with E-state index in [4.69, 9.17) is 21.1 Å². The molecule has 8 nitrogen and oxygen atoms in total. The van der Waals surface area contributed by atoms with Crippen molar-refractivity contribution in [3.05, 3.63) is 46.9 Å². The van der Waals surface area contributed by atoms with Crippen molar-refractivity contribution in [3.63, 3.8) is 0 Å². The van der Waals surface area contributed by atoms with Crippen LogP contribution < -0.4 is 15.0 Å². The number of fused-ring (bicyclic) bond motifs is 2. The summed E-state index contributed by atoms with van der Waals surface area (Å²) in [5, 5.41) is 15.6. The van der Waals surface area contributed by atoms with Crippen molar-refractivity contribution in [3.8, 4) is 24.1 Å². The first kappa shape index (κ1) is 29.9. The average Bonchev–Trinajstić information content (AvgIpc) is 3.76. The van der Waals surface area contributed by atoms with Crippen LogP contribution in [0.3, 0.4) is 0 Å². The topological polar surface area (TPSA) is 77.0 Å². The molecule has 1 spiro atoms. The number of phenolic OH excluding ortho intramolecular Hbond substituents is 1. The molecule has 4 heterocycles. The van der Waals surface area contributed by atoms with E-state index in [0.29, 0.717) is 40.4 Å². The van der Waals surface area contributed by atoms with E-state index in [-0.39, 0.29) is 16.7 Å². The molecule has 2 aliphatic carbocycles. The smallest absolute Gasteiger partial charge is 0.319 e. The van der Waals surface area contributed by atoms with Crippen LogP contribution in [-0.2, 0) is 0 Å². The fourth-order valence-corrected chi connectivity index (χ4v) is 8.80. The fourth-order valence-electron chi connectivity index (χ4n) is 7.53. The molecule has 46 heavy (non-hydrogen) atoms. The van der Waals surface area contributed by atoms with Gasteiger partial charge in [-0.2, -0.15) is 9.97 Å². The molecule has 3 aliphatic heterocycles. The normalized spacial score (nSPS) is 21.4. The van der Waals surface area contributed by atoms with Gasteiger partial charge >= 0.3 is 6.01 Å². The number of ether oxygens (including phenoxy) is 1. The highest BCUT2D eigenvalue weighted by Crippen LogP contribution is 2.51. The van der Waals surface area contributed by atoms with Crippen molar-refractivity contribution >= 4 is 40.3 Å². The van der Waals surface area contributed by atoms with E-state index in [9.17, 15) is 5.11 Å². The quantitative estimate of drug-likeness (QED) is 0.237. The lowest BCUT2D eigenvalue weighted by Gasteiger charge is -2.49. The van der Waals surface area contributed by atoms with Gasteiger partial charge in [-0.05, 0) is 106 Å². The van der Waals surface area contributed by atoms with Crippen molar-refractivity contribution in [2.24, 2.45) is 10.8 Å². The largest absolute Gasteiger partial charge is 0.508 e. The van der Waals surface area contributed by atoms with Gasteiger partial charge in [-0.15, -0.1) is 6.42 Å². The maximum absolute atomic E-state index is 15.1. The number of hydrogen-bond acceptors (Lipinski definition) is 9. The van der Waals surface area contributed by atoms with Gasteiger partial charge in [-0.25, -0.2) is 4.39 Å². The molecule has 2 saturated heterocycles. The number of halogens is 1. The zero-order valence-corrected chi connectivity index (χ0v) is 27.4. The van der Waals surface area contributed by atoms with Gasteiger partial charge < -0.3 is 29.3 Å². The maximum Gasteiger partial charge on any atom is 0.319 e. The number of hydrogen-bond donors (Lipinski definition) is 2. The number of aromatic nitrogens is 2. The van der Waals surface area contributed by atoms with Crippen LogP contribution in [0.2, 0.25) is 0 Å². The van der Waals surface area contributed by atoms with E-state index >= 15 is 4.39 Å². The second-order valence-electron chi connectivity index (χ2n) is 14.4. The van der Waals surface area contributed by atoms with Crippen molar-refractivity contribution in [1.82, 2.24) is 24.5 Å². The van der Waals surface area contributed by atoms with Gasteiger partial charge in [0.1, 0.15) is 11.6 Å². The summed E-state index contributed by atoms with van der Waals surface area (Å²) in [4.78, 5) is 15.8. The van der Waals surface area contributed by atoms with Crippen LogP contribution in [0.25, 0.3) is 22.5 Å². The number of nitrogens with zero attached hydrogens (tertiary/aromatic N) is 5. The van der Waals surface area contributed by atoms with Gasteiger partial charge in [-0.3, -0.25) is 0 Å². The predicted octanol–water partition coefficient (Wildman–Crippen LogP) is 5.74. The number of aromatic hydroxyl groups is 1. The highest BCUT2D eigenvalue weighted by Gasteiger charge is 2.45. The number of rotatable bonds is 8.